The highest BCUT2D eigenvalue weighted by Gasteiger charge is 2.28. The van der Waals surface area contributed by atoms with E-state index in [9.17, 15) is 9.59 Å². The lowest BCUT2D eigenvalue weighted by Gasteiger charge is -2.32. The van der Waals surface area contributed by atoms with Crippen LogP contribution in [-0.2, 0) is 9.53 Å². The van der Waals surface area contributed by atoms with Crippen molar-refractivity contribution >= 4 is 11.9 Å². The predicted octanol–water partition coefficient (Wildman–Crippen LogP) is 3.98. The molecule has 0 radical (unpaired) electrons. The van der Waals surface area contributed by atoms with E-state index in [0.717, 1.165) is 29.8 Å². The van der Waals surface area contributed by atoms with Gasteiger partial charge in [0.05, 0.1) is 25.5 Å². The number of piperidine rings is 1. The van der Waals surface area contributed by atoms with Gasteiger partial charge in [0.1, 0.15) is 11.5 Å². The Morgan fingerprint density at radius 2 is 1.71 bits per heavy atom. The molecule has 2 heterocycles. The molecule has 0 bridgehead atoms. The molecule has 0 atom stereocenters. The Morgan fingerprint density at radius 1 is 1.00 bits per heavy atom. The first-order chi connectivity index (χ1) is 16.6. The van der Waals surface area contributed by atoms with Crippen molar-refractivity contribution in [3.8, 4) is 22.8 Å². The van der Waals surface area contributed by atoms with Crippen LogP contribution in [0.25, 0.3) is 11.3 Å². The maximum Gasteiger partial charge on any atom is 0.358 e. The molecule has 3 aromatic rings. The van der Waals surface area contributed by atoms with E-state index in [1.165, 1.54) is 0 Å². The Hall–Kier alpha value is -3.81. The lowest BCUT2D eigenvalue weighted by molar-refractivity contribution is -0.134. The summed E-state index contributed by atoms with van der Waals surface area (Å²) in [5.41, 5.74) is 2.05. The summed E-state index contributed by atoms with van der Waals surface area (Å²) in [5, 5.41) is 4.60. The second kappa shape index (κ2) is 10.9. The maximum atomic E-state index is 12.6. The molecule has 0 saturated carbocycles. The number of nitrogens with zero attached hydrogens (tertiary/aromatic N) is 3. The Labute approximate surface area is 199 Å². The summed E-state index contributed by atoms with van der Waals surface area (Å²) in [5.74, 6) is 0.954. The zero-order valence-electron chi connectivity index (χ0n) is 19.5. The summed E-state index contributed by atoms with van der Waals surface area (Å²) in [6, 6.07) is 18.8. The summed E-state index contributed by atoms with van der Waals surface area (Å²) < 4.78 is 17.9. The number of amides is 1. The normalized spacial score (nSPS) is 14.0. The van der Waals surface area contributed by atoms with Crippen molar-refractivity contribution in [3.63, 3.8) is 0 Å². The van der Waals surface area contributed by atoms with Gasteiger partial charge in [0, 0.05) is 18.7 Å². The van der Waals surface area contributed by atoms with Crippen molar-refractivity contribution in [2.45, 2.75) is 25.8 Å². The fourth-order valence-electron chi connectivity index (χ4n) is 4.07. The first-order valence-electron chi connectivity index (χ1n) is 11.5. The van der Waals surface area contributed by atoms with Gasteiger partial charge in [-0.15, -0.1) is 0 Å². The third-order valence-corrected chi connectivity index (χ3v) is 5.87. The van der Waals surface area contributed by atoms with Crippen LogP contribution in [0.15, 0.2) is 60.7 Å². The van der Waals surface area contributed by atoms with Crippen LogP contribution in [0.5, 0.6) is 11.5 Å². The molecule has 2 aromatic carbocycles. The molecule has 8 heteroatoms. The smallest absolute Gasteiger partial charge is 0.358 e. The summed E-state index contributed by atoms with van der Waals surface area (Å²) in [6.07, 6.45) is 1.45. The molecule has 178 valence electrons. The summed E-state index contributed by atoms with van der Waals surface area (Å²) in [4.78, 5) is 26.8. The van der Waals surface area contributed by atoms with E-state index in [2.05, 4.69) is 5.10 Å². The van der Waals surface area contributed by atoms with E-state index >= 15 is 0 Å². The molecule has 1 amide bonds. The molecule has 0 spiro atoms. The Kier molecular flexibility index (Phi) is 7.47. The van der Waals surface area contributed by atoms with E-state index in [-0.39, 0.29) is 30.9 Å². The molecule has 8 nitrogen and oxygen atoms in total. The molecule has 4 rings (SSSR count). The fourth-order valence-corrected chi connectivity index (χ4v) is 4.07. The number of hydrogen-bond donors (Lipinski definition) is 0. The third kappa shape index (κ3) is 5.39. The number of likely N-dealkylation sites (tertiary alicyclic amines) is 1. The molecule has 0 aliphatic carbocycles. The monoisotopic (exact) mass is 463 g/mol. The van der Waals surface area contributed by atoms with Gasteiger partial charge >= 0.3 is 5.97 Å². The molecule has 0 unspecified atom stereocenters. The van der Waals surface area contributed by atoms with Gasteiger partial charge in [0.2, 0.25) is 0 Å². The minimum Gasteiger partial charge on any atom is -0.497 e. The zero-order valence-corrected chi connectivity index (χ0v) is 19.5. The summed E-state index contributed by atoms with van der Waals surface area (Å²) >= 11 is 0. The lowest BCUT2D eigenvalue weighted by atomic mass is 10.0. The summed E-state index contributed by atoms with van der Waals surface area (Å²) in [6.45, 7) is 3.26. The molecule has 1 aliphatic rings. The number of hydrogen-bond acceptors (Lipinski definition) is 6. The van der Waals surface area contributed by atoms with Gasteiger partial charge in [-0.05, 0) is 62.2 Å². The molecule has 0 N–H and O–H groups in total. The van der Waals surface area contributed by atoms with Gasteiger partial charge in [-0.2, -0.15) is 5.10 Å². The highest BCUT2D eigenvalue weighted by molar-refractivity contribution is 5.88. The number of benzene rings is 2. The molecule has 34 heavy (non-hydrogen) atoms. The maximum absolute atomic E-state index is 12.6. The van der Waals surface area contributed by atoms with Crippen LogP contribution < -0.4 is 9.47 Å². The highest BCUT2D eigenvalue weighted by atomic mass is 16.5. The first kappa shape index (κ1) is 23.4. The van der Waals surface area contributed by atoms with Crippen LogP contribution in [0.2, 0.25) is 0 Å². The number of para-hydroxylation sites is 1. The largest absolute Gasteiger partial charge is 0.497 e. The molecular formula is C26H29N3O5. The average molecular weight is 464 g/mol. The fraction of sp³-hybridized carbons (Fsp3) is 0.346. The molecule has 1 aromatic heterocycles. The van der Waals surface area contributed by atoms with Gasteiger partial charge < -0.3 is 19.1 Å². The Bertz CT molecular complexity index is 1100. The minimum atomic E-state index is -0.443. The number of ether oxygens (including phenoxy) is 3. The highest BCUT2D eigenvalue weighted by Crippen LogP contribution is 2.31. The van der Waals surface area contributed by atoms with E-state index in [1.807, 2.05) is 64.2 Å². The average Bonchev–Trinajstić information content (AvgIpc) is 3.34. The van der Waals surface area contributed by atoms with Crippen LogP contribution in [0, 0.1) is 0 Å². The minimum absolute atomic E-state index is 0.0144. The number of methoxy groups -OCH3 is 1. The van der Waals surface area contributed by atoms with Crippen LogP contribution in [-0.4, -0.2) is 60.0 Å². The van der Waals surface area contributed by atoms with Gasteiger partial charge in [0.25, 0.3) is 5.91 Å². The van der Waals surface area contributed by atoms with Crippen molar-refractivity contribution in [2.75, 3.05) is 33.4 Å². The van der Waals surface area contributed by atoms with E-state index in [4.69, 9.17) is 14.2 Å². The molecule has 1 fully saturated rings. The molecule has 1 saturated heterocycles. The summed E-state index contributed by atoms with van der Waals surface area (Å²) in [7, 11) is 1.62. The molecule has 1 aliphatic heterocycles. The van der Waals surface area contributed by atoms with Crippen LogP contribution >= 0.6 is 0 Å². The number of esters is 1. The SMILES string of the molecule is CCOC(=O)c1cc(-c2ccc(OC)cc2)n(C2CCN(C(=O)COc3ccccc3)CC2)n1. The standard InChI is InChI=1S/C26H29N3O5/c1-3-33-26(31)23-17-24(19-9-11-21(32-2)12-10-19)29(27-23)20-13-15-28(16-14-20)25(30)18-34-22-7-5-4-6-8-22/h4-12,17,20H,3,13-16,18H2,1-2H3. The van der Waals surface area contributed by atoms with Crippen molar-refractivity contribution < 1.29 is 23.8 Å². The van der Waals surface area contributed by atoms with Crippen molar-refractivity contribution in [1.82, 2.24) is 14.7 Å². The predicted molar refractivity (Wildman–Crippen MR) is 127 cm³/mol. The van der Waals surface area contributed by atoms with Crippen molar-refractivity contribution in [1.29, 1.82) is 0 Å². The third-order valence-electron chi connectivity index (χ3n) is 5.87. The van der Waals surface area contributed by atoms with E-state index in [0.29, 0.717) is 18.8 Å². The Morgan fingerprint density at radius 3 is 2.35 bits per heavy atom. The zero-order chi connectivity index (χ0) is 23.9. The number of carbonyl (C=O) groups excluding carboxylic acids is 2. The number of aromatic nitrogens is 2. The van der Waals surface area contributed by atoms with Crippen LogP contribution in [0.1, 0.15) is 36.3 Å². The molecular weight excluding hydrogens is 434 g/mol. The number of carbonyl (C=O) groups is 2. The van der Waals surface area contributed by atoms with Gasteiger partial charge in [-0.1, -0.05) is 18.2 Å². The van der Waals surface area contributed by atoms with E-state index in [1.54, 1.807) is 20.1 Å². The lowest BCUT2D eigenvalue weighted by Crippen LogP contribution is -2.41. The second-order valence-corrected chi connectivity index (χ2v) is 8.02. The van der Waals surface area contributed by atoms with Gasteiger partial charge in [-0.3, -0.25) is 9.48 Å². The van der Waals surface area contributed by atoms with Gasteiger partial charge in [0.15, 0.2) is 12.3 Å². The Balaban J connectivity index is 1.46. The van der Waals surface area contributed by atoms with Crippen LogP contribution in [0.3, 0.4) is 0 Å². The van der Waals surface area contributed by atoms with Gasteiger partial charge in [-0.25, -0.2) is 4.79 Å². The van der Waals surface area contributed by atoms with Crippen molar-refractivity contribution in [2.24, 2.45) is 0 Å². The van der Waals surface area contributed by atoms with Crippen LogP contribution in [0.4, 0.5) is 0 Å². The van der Waals surface area contributed by atoms with E-state index < -0.39 is 5.97 Å². The number of rotatable bonds is 8. The first-order valence-corrected chi connectivity index (χ1v) is 11.5. The topological polar surface area (TPSA) is 82.9 Å². The second-order valence-electron chi connectivity index (χ2n) is 8.02. The van der Waals surface area contributed by atoms with Crippen molar-refractivity contribution in [3.05, 3.63) is 66.4 Å². The quantitative estimate of drug-likeness (QED) is 0.470.